The van der Waals surface area contributed by atoms with Gasteiger partial charge in [-0.25, -0.2) is 0 Å². The molecule has 2 atom stereocenters. The van der Waals surface area contributed by atoms with Crippen LogP contribution in [-0.4, -0.2) is 47.4 Å². The summed E-state index contributed by atoms with van der Waals surface area (Å²) in [6, 6.07) is -0.559. The van der Waals surface area contributed by atoms with Crippen LogP contribution < -0.4 is 5.32 Å². The quantitative estimate of drug-likeness (QED) is 0.0327. The lowest BCUT2D eigenvalue weighted by Crippen LogP contribution is -2.45. The lowest BCUT2D eigenvalue weighted by atomic mass is 10.0. The smallest absolute Gasteiger partial charge is 0.305 e. The average Bonchev–Trinajstić information content (AvgIpc) is 3.17. The van der Waals surface area contributed by atoms with E-state index in [-0.39, 0.29) is 18.5 Å². The Kier molecular flexibility index (Phi) is 42.7. The van der Waals surface area contributed by atoms with Gasteiger partial charge in [0.05, 0.1) is 25.4 Å². The van der Waals surface area contributed by atoms with Gasteiger partial charge in [0.1, 0.15) is 0 Å². The highest BCUT2D eigenvalue weighted by atomic mass is 16.5. The van der Waals surface area contributed by atoms with Crippen LogP contribution in [0.5, 0.6) is 0 Å². The van der Waals surface area contributed by atoms with Crippen LogP contribution in [0.1, 0.15) is 245 Å². The van der Waals surface area contributed by atoms with Gasteiger partial charge in [-0.15, -0.1) is 0 Å². The van der Waals surface area contributed by atoms with Gasteiger partial charge in [-0.2, -0.15) is 0 Å². The average molecular weight is 762 g/mol. The zero-order valence-corrected chi connectivity index (χ0v) is 36.0. The van der Waals surface area contributed by atoms with Crippen molar-refractivity contribution < 1.29 is 24.5 Å². The lowest BCUT2D eigenvalue weighted by molar-refractivity contribution is -0.143. The number of allylic oxidation sites excluding steroid dienone is 4. The van der Waals surface area contributed by atoms with E-state index in [0.717, 1.165) is 70.6 Å². The van der Waals surface area contributed by atoms with Gasteiger partial charge in [0.25, 0.3) is 0 Å². The molecule has 54 heavy (non-hydrogen) atoms. The van der Waals surface area contributed by atoms with Gasteiger partial charge in [-0.1, -0.05) is 179 Å². The zero-order chi connectivity index (χ0) is 39.4. The van der Waals surface area contributed by atoms with Crippen LogP contribution in [0.2, 0.25) is 0 Å². The fourth-order valence-corrected chi connectivity index (χ4v) is 7.04. The maximum Gasteiger partial charge on any atom is 0.305 e. The summed E-state index contributed by atoms with van der Waals surface area (Å²) in [5.74, 6) is -0.0902. The van der Waals surface area contributed by atoms with Crippen LogP contribution in [-0.2, 0) is 14.3 Å². The normalized spacial score (nSPS) is 12.9. The third-order valence-electron chi connectivity index (χ3n) is 10.7. The molecule has 0 aromatic heterocycles. The SMILES string of the molecule is CCCCCCCC/C=C\CCCCCCCC(=O)OCCCCCCCC/C=C\CCCCCC(=O)NC(CO)C(O)CCCCCCCCCCC. The number of aliphatic hydroxyl groups excluding tert-OH is 2. The molecule has 0 bridgehead atoms. The van der Waals surface area contributed by atoms with Gasteiger partial charge in [-0.3, -0.25) is 9.59 Å². The van der Waals surface area contributed by atoms with Crippen molar-refractivity contribution >= 4 is 11.9 Å². The molecule has 0 heterocycles. The first-order valence-electron chi connectivity index (χ1n) is 23.6. The minimum atomic E-state index is -0.679. The molecule has 6 nitrogen and oxygen atoms in total. The van der Waals surface area contributed by atoms with E-state index in [0.29, 0.717) is 25.9 Å². The van der Waals surface area contributed by atoms with Crippen LogP contribution in [0.15, 0.2) is 24.3 Å². The van der Waals surface area contributed by atoms with Crippen molar-refractivity contribution in [1.82, 2.24) is 5.32 Å². The molecule has 0 aliphatic carbocycles. The first-order valence-corrected chi connectivity index (χ1v) is 23.6. The summed E-state index contributed by atoms with van der Waals surface area (Å²) in [7, 11) is 0. The molecule has 0 aliphatic rings. The molecule has 318 valence electrons. The fourth-order valence-electron chi connectivity index (χ4n) is 7.04. The lowest BCUT2D eigenvalue weighted by Gasteiger charge is -2.22. The van der Waals surface area contributed by atoms with E-state index in [1.165, 1.54) is 141 Å². The first kappa shape index (κ1) is 52.3. The number of nitrogens with one attached hydrogen (secondary N) is 1. The second kappa shape index (κ2) is 44.1. The van der Waals surface area contributed by atoms with Crippen molar-refractivity contribution in [3.63, 3.8) is 0 Å². The summed E-state index contributed by atoms with van der Waals surface area (Å²) in [6.45, 7) is 4.87. The van der Waals surface area contributed by atoms with Crippen LogP contribution in [0.3, 0.4) is 0 Å². The van der Waals surface area contributed by atoms with E-state index in [1.54, 1.807) is 0 Å². The van der Waals surface area contributed by atoms with Crippen LogP contribution in [0.4, 0.5) is 0 Å². The molecule has 0 aliphatic heterocycles. The summed E-state index contributed by atoms with van der Waals surface area (Å²) >= 11 is 0. The standard InChI is InChI=1S/C48H91NO5/c1-3-5-7-9-11-13-14-15-16-19-22-26-30-34-38-42-48(53)54-43-39-35-31-27-23-20-17-18-21-25-29-33-37-41-47(52)49-45(44-50)46(51)40-36-32-28-24-12-10-8-6-4-2/h15-16,18,21,45-46,50-51H,3-14,17,19-20,22-44H2,1-2H3,(H,49,52)/b16-15-,21-18-. The van der Waals surface area contributed by atoms with Crippen molar-refractivity contribution in [2.45, 2.75) is 257 Å². The van der Waals surface area contributed by atoms with E-state index in [4.69, 9.17) is 4.74 Å². The summed E-state index contributed by atoms with van der Waals surface area (Å²) in [5, 5.41) is 23.0. The van der Waals surface area contributed by atoms with Crippen LogP contribution >= 0.6 is 0 Å². The minimum Gasteiger partial charge on any atom is -0.466 e. The van der Waals surface area contributed by atoms with Gasteiger partial charge in [0.15, 0.2) is 0 Å². The Hall–Kier alpha value is -1.66. The molecular weight excluding hydrogens is 671 g/mol. The Balaban J connectivity index is 3.48. The molecule has 0 saturated heterocycles. The molecule has 0 fully saturated rings. The fraction of sp³-hybridized carbons (Fsp3) is 0.875. The van der Waals surface area contributed by atoms with Crippen molar-refractivity contribution in [1.29, 1.82) is 0 Å². The number of rotatable bonds is 43. The maximum atomic E-state index is 12.4. The van der Waals surface area contributed by atoms with Gasteiger partial charge in [0, 0.05) is 12.8 Å². The Labute approximate surface area is 335 Å². The summed E-state index contributed by atoms with van der Waals surface area (Å²) < 4.78 is 5.44. The number of ether oxygens (including phenoxy) is 1. The number of amides is 1. The number of unbranched alkanes of at least 4 members (excludes halogenated alkanes) is 28. The summed E-state index contributed by atoms with van der Waals surface area (Å²) in [5.41, 5.74) is 0. The molecule has 1 amide bonds. The second-order valence-corrected chi connectivity index (χ2v) is 16.1. The monoisotopic (exact) mass is 762 g/mol. The second-order valence-electron chi connectivity index (χ2n) is 16.1. The number of carbonyl (C=O) groups is 2. The van der Waals surface area contributed by atoms with E-state index < -0.39 is 12.1 Å². The van der Waals surface area contributed by atoms with E-state index in [2.05, 4.69) is 43.5 Å². The Morgan fingerprint density at radius 3 is 1.33 bits per heavy atom. The van der Waals surface area contributed by atoms with Gasteiger partial charge >= 0.3 is 5.97 Å². The number of hydrogen-bond acceptors (Lipinski definition) is 5. The number of esters is 1. The molecule has 2 unspecified atom stereocenters. The first-order chi connectivity index (χ1) is 26.5. The third-order valence-corrected chi connectivity index (χ3v) is 10.7. The highest BCUT2D eigenvalue weighted by molar-refractivity contribution is 5.76. The summed E-state index contributed by atoms with van der Waals surface area (Å²) in [4.78, 5) is 24.4. The number of carbonyl (C=O) groups excluding carboxylic acids is 2. The van der Waals surface area contributed by atoms with Crippen molar-refractivity contribution in [2.75, 3.05) is 13.2 Å². The molecule has 0 aromatic rings. The number of hydrogen-bond donors (Lipinski definition) is 3. The van der Waals surface area contributed by atoms with Gasteiger partial charge in [0.2, 0.25) is 5.91 Å². The number of aliphatic hydroxyl groups is 2. The molecule has 6 heteroatoms. The van der Waals surface area contributed by atoms with Crippen molar-refractivity contribution in [2.24, 2.45) is 0 Å². The largest absolute Gasteiger partial charge is 0.466 e. The Morgan fingerprint density at radius 1 is 0.500 bits per heavy atom. The molecule has 0 rings (SSSR count). The van der Waals surface area contributed by atoms with Crippen molar-refractivity contribution in [3.05, 3.63) is 24.3 Å². The molecular formula is C48H91NO5. The maximum absolute atomic E-state index is 12.4. The molecule has 0 saturated carbocycles. The van der Waals surface area contributed by atoms with Crippen LogP contribution in [0.25, 0.3) is 0 Å². The topological polar surface area (TPSA) is 95.9 Å². The van der Waals surface area contributed by atoms with Crippen molar-refractivity contribution in [3.8, 4) is 0 Å². The Morgan fingerprint density at radius 2 is 0.870 bits per heavy atom. The third kappa shape index (κ3) is 40.0. The predicted octanol–water partition coefficient (Wildman–Crippen LogP) is 13.6. The Bertz CT molecular complexity index is 843. The molecule has 0 spiro atoms. The minimum absolute atomic E-state index is 0.0214. The zero-order valence-electron chi connectivity index (χ0n) is 36.0. The van der Waals surface area contributed by atoms with E-state index in [1.807, 2.05) is 0 Å². The van der Waals surface area contributed by atoms with Gasteiger partial charge in [-0.05, 0) is 77.0 Å². The van der Waals surface area contributed by atoms with E-state index >= 15 is 0 Å². The van der Waals surface area contributed by atoms with E-state index in [9.17, 15) is 19.8 Å². The highest BCUT2D eigenvalue weighted by Gasteiger charge is 2.20. The predicted molar refractivity (Wildman–Crippen MR) is 232 cm³/mol. The molecule has 3 N–H and O–H groups in total. The summed E-state index contributed by atoms with van der Waals surface area (Å²) in [6.07, 6.45) is 50.0. The molecule has 0 radical (unpaired) electrons. The highest BCUT2D eigenvalue weighted by Crippen LogP contribution is 2.14. The van der Waals surface area contributed by atoms with Gasteiger partial charge < -0.3 is 20.3 Å². The van der Waals surface area contributed by atoms with Crippen LogP contribution in [0, 0.1) is 0 Å². The molecule has 0 aromatic carbocycles.